The highest BCUT2D eigenvalue weighted by atomic mass is 16.3. The van der Waals surface area contributed by atoms with Crippen LogP contribution in [0.25, 0.3) is 22.6 Å². The number of fused-ring (bicyclic) bond motifs is 1. The van der Waals surface area contributed by atoms with E-state index in [4.69, 9.17) is 10.2 Å². The molecule has 0 atom stereocenters. The molecule has 0 radical (unpaired) electrons. The van der Waals surface area contributed by atoms with Gasteiger partial charge < -0.3 is 15.5 Å². The van der Waals surface area contributed by atoms with Crippen molar-refractivity contribution in [2.24, 2.45) is 5.73 Å². The Morgan fingerprint density at radius 2 is 1.45 bits per heavy atom. The highest BCUT2D eigenvalue weighted by molar-refractivity contribution is 5.94. The van der Waals surface area contributed by atoms with Crippen LogP contribution >= 0.6 is 0 Å². The molecule has 7 nitrogen and oxygen atoms in total. The van der Waals surface area contributed by atoms with E-state index in [0.717, 1.165) is 16.7 Å². The molecule has 33 heavy (non-hydrogen) atoms. The quantitative estimate of drug-likeness (QED) is 0.463. The molecule has 0 spiro atoms. The second-order valence-electron chi connectivity index (χ2n) is 7.51. The van der Waals surface area contributed by atoms with Gasteiger partial charge in [0.05, 0.1) is 0 Å². The van der Waals surface area contributed by atoms with Gasteiger partial charge in [-0.05, 0) is 48.5 Å². The predicted molar refractivity (Wildman–Crippen MR) is 129 cm³/mol. The average molecular weight is 445 g/mol. The van der Waals surface area contributed by atoms with Crippen molar-refractivity contribution in [2.75, 3.05) is 7.05 Å². The SMILES string of the molecule is C1CCCC1.CNC(=O)c1ccc(-c2nc3ccccc3o2)cc1.NC(=O)c1ccncc1. The number of pyridine rings is 1. The number of nitrogens with two attached hydrogens (primary N) is 1. The zero-order valence-electron chi connectivity index (χ0n) is 18.7. The summed E-state index contributed by atoms with van der Waals surface area (Å²) in [5.41, 5.74) is 8.49. The van der Waals surface area contributed by atoms with E-state index in [1.54, 1.807) is 31.3 Å². The number of hydrogen-bond donors (Lipinski definition) is 2. The Morgan fingerprint density at radius 1 is 0.848 bits per heavy atom. The zero-order chi connectivity index (χ0) is 23.5. The first-order valence-electron chi connectivity index (χ1n) is 11.0. The monoisotopic (exact) mass is 444 g/mol. The van der Waals surface area contributed by atoms with E-state index in [1.165, 1.54) is 44.5 Å². The summed E-state index contributed by atoms with van der Waals surface area (Å²) >= 11 is 0. The van der Waals surface area contributed by atoms with Crippen molar-refractivity contribution in [1.82, 2.24) is 15.3 Å². The molecule has 2 aromatic carbocycles. The summed E-state index contributed by atoms with van der Waals surface area (Å²) in [5, 5.41) is 2.58. The van der Waals surface area contributed by atoms with Crippen LogP contribution in [-0.4, -0.2) is 28.8 Å². The molecule has 0 aliphatic heterocycles. The normalized spacial score (nSPS) is 12.2. The number of nitrogens with one attached hydrogen (secondary N) is 1. The summed E-state index contributed by atoms with van der Waals surface area (Å²) in [5.74, 6) is 0.0335. The van der Waals surface area contributed by atoms with Gasteiger partial charge in [-0.25, -0.2) is 4.98 Å². The van der Waals surface area contributed by atoms with Crippen molar-refractivity contribution in [3.63, 3.8) is 0 Å². The fraction of sp³-hybridized carbons (Fsp3) is 0.231. The molecule has 0 bridgehead atoms. The number of primary amides is 1. The van der Waals surface area contributed by atoms with Crippen molar-refractivity contribution >= 4 is 22.9 Å². The van der Waals surface area contributed by atoms with Gasteiger partial charge in [0, 0.05) is 36.1 Å². The minimum atomic E-state index is -0.419. The minimum Gasteiger partial charge on any atom is -0.436 e. The van der Waals surface area contributed by atoms with Gasteiger partial charge in [0.2, 0.25) is 11.8 Å². The van der Waals surface area contributed by atoms with Crippen LogP contribution in [0.2, 0.25) is 0 Å². The number of oxazole rings is 1. The van der Waals surface area contributed by atoms with Crippen LogP contribution in [0, 0.1) is 0 Å². The maximum absolute atomic E-state index is 11.5. The first kappa shape index (κ1) is 23.7. The predicted octanol–water partition coefficient (Wildman–Crippen LogP) is 4.99. The second kappa shape index (κ2) is 12.1. The summed E-state index contributed by atoms with van der Waals surface area (Å²) in [6.07, 6.45) is 10.6. The molecule has 170 valence electrons. The molecule has 1 fully saturated rings. The first-order chi connectivity index (χ1) is 16.1. The molecule has 0 saturated heterocycles. The van der Waals surface area contributed by atoms with Gasteiger partial charge in [-0.1, -0.05) is 44.2 Å². The number of benzene rings is 2. The topological polar surface area (TPSA) is 111 Å². The zero-order valence-corrected chi connectivity index (χ0v) is 18.7. The molecular formula is C26H28N4O3. The first-order valence-corrected chi connectivity index (χ1v) is 11.0. The van der Waals surface area contributed by atoms with Crippen LogP contribution in [0.3, 0.4) is 0 Å². The lowest BCUT2D eigenvalue weighted by molar-refractivity contribution is 0.0961. The highest BCUT2D eigenvalue weighted by Crippen LogP contribution is 2.24. The standard InChI is InChI=1S/C15H12N2O2.C6H6N2O.C5H10/c1-16-14(18)10-6-8-11(9-7-10)15-17-12-4-2-3-5-13(12)19-15;7-6(9)5-1-3-8-4-2-5;1-2-4-5-3-1/h2-9H,1H3,(H,16,18);1-4H,(H2,7,9);1-5H2. The number of amides is 2. The lowest BCUT2D eigenvalue weighted by atomic mass is 10.1. The molecule has 4 aromatic rings. The number of para-hydroxylation sites is 2. The van der Waals surface area contributed by atoms with Gasteiger partial charge >= 0.3 is 0 Å². The van der Waals surface area contributed by atoms with E-state index in [2.05, 4.69) is 15.3 Å². The molecule has 1 saturated carbocycles. The molecule has 1 aliphatic rings. The number of nitrogens with zero attached hydrogens (tertiary/aromatic N) is 2. The Morgan fingerprint density at radius 3 is 1.97 bits per heavy atom. The largest absolute Gasteiger partial charge is 0.436 e. The van der Waals surface area contributed by atoms with Crippen molar-refractivity contribution in [3.05, 3.63) is 84.2 Å². The summed E-state index contributed by atoms with van der Waals surface area (Å²) in [4.78, 5) is 30.0. The summed E-state index contributed by atoms with van der Waals surface area (Å²) in [7, 11) is 1.61. The summed E-state index contributed by atoms with van der Waals surface area (Å²) < 4.78 is 5.67. The number of carbonyl (C=O) groups excluding carboxylic acids is 2. The van der Waals surface area contributed by atoms with Gasteiger partial charge in [-0.15, -0.1) is 0 Å². The molecule has 2 heterocycles. The van der Waals surface area contributed by atoms with E-state index in [0.29, 0.717) is 17.0 Å². The number of aromatic nitrogens is 2. The number of hydrogen-bond acceptors (Lipinski definition) is 5. The van der Waals surface area contributed by atoms with E-state index >= 15 is 0 Å². The van der Waals surface area contributed by atoms with Crippen molar-refractivity contribution in [3.8, 4) is 11.5 Å². The van der Waals surface area contributed by atoms with Crippen LogP contribution < -0.4 is 11.1 Å². The molecule has 7 heteroatoms. The Balaban J connectivity index is 0.000000180. The summed E-state index contributed by atoms with van der Waals surface area (Å²) in [6, 6.07) is 17.9. The third-order valence-corrected chi connectivity index (χ3v) is 5.13. The van der Waals surface area contributed by atoms with Crippen molar-refractivity contribution in [1.29, 1.82) is 0 Å². The number of rotatable bonds is 3. The fourth-order valence-electron chi connectivity index (χ4n) is 3.30. The van der Waals surface area contributed by atoms with Crippen molar-refractivity contribution < 1.29 is 14.0 Å². The molecule has 2 aromatic heterocycles. The van der Waals surface area contributed by atoms with E-state index < -0.39 is 5.91 Å². The molecule has 3 N–H and O–H groups in total. The molecule has 1 aliphatic carbocycles. The van der Waals surface area contributed by atoms with Gasteiger partial charge in [0.15, 0.2) is 5.58 Å². The maximum Gasteiger partial charge on any atom is 0.251 e. The van der Waals surface area contributed by atoms with Crippen LogP contribution in [0.4, 0.5) is 0 Å². The maximum atomic E-state index is 11.5. The Kier molecular flexibility index (Phi) is 8.71. The minimum absolute atomic E-state index is 0.107. The average Bonchev–Trinajstić information content (AvgIpc) is 3.58. The van der Waals surface area contributed by atoms with Crippen LogP contribution in [0.15, 0.2) is 77.5 Å². The Labute approximate surface area is 193 Å². The van der Waals surface area contributed by atoms with Crippen molar-refractivity contribution in [2.45, 2.75) is 32.1 Å². The number of carbonyl (C=O) groups is 2. The van der Waals surface area contributed by atoms with E-state index in [-0.39, 0.29) is 5.91 Å². The van der Waals surface area contributed by atoms with Gasteiger partial charge in [-0.2, -0.15) is 0 Å². The second-order valence-corrected chi connectivity index (χ2v) is 7.51. The molecule has 5 rings (SSSR count). The van der Waals surface area contributed by atoms with E-state index in [9.17, 15) is 9.59 Å². The lowest BCUT2D eigenvalue weighted by Crippen LogP contribution is -2.17. The van der Waals surface area contributed by atoms with E-state index in [1.807, 2.05) is 36.4 Å². The smallest absolute Gasteiger partial charge is 0.251 e. The fourth-order valence-corrected chi connectivity index (χ4v) is 3.30. The molecule has 0 unspecified atom stereocenters. The van der Waals surface area contributed by atoms with Crippen LogP contribution in [-0.2, 0) is 0 Å². The third-order valence-electron chi connectivity index (χ3n) is 5.13. The Hall–Kier alpha value is -4.00. The lowest BCUT2D eigenvalue weighted by Gasteiger charge is -2.00. The van der Waals surface area contributed by atoms with Gasteiger partial charge in [0.25, 0.3) is 5.91 Å². The Bertz CT molecular complexity index is 1130. The van der Waals surface area contributed by atoms with Gasteiger partial charge in [-0.3, -0.25) is 14.6 Å². The summed E-state index contributed by atoms with van der Waals surface area (Å²) in [6.45, 7) is 0. The highest BCUT2D eigenvalue weighted by Gasteiger charge is 2.09. The van der Waals surface area contributed by atoms with Crippen LogP contribution in [0.1, 0.15) is 52.8 Å². The third kappa shape index (κ3) is 7.00. The van der Waals surface area contributed by atoms with Crippen LogP contribution in [0.5, 0.6) is 0 Å². The van der Waals surface area contributed by atoms with Gasteiger partial charge in [0.1, 0.15) is 5.52 Å². The molecule has 2 amide bonds. The molecular weight excluding hydrogens is 416 g/mol.